The molecule has 47 heteroatoms. The average molecular weight is 1800 g/mol. The van der Waals surface area contributed by atoms with Gasteiger partial charge in [0.2, 0.25) is 29.3 Å². The van der Waals surface area contributed by atoms with Crippen molar-refractivity contribution in [3.63, 3.8) is 0 Å². The third-order valence-corrected chi connectivity index (χ3v) is 19.7. The van der Waals surface area contributed by atoms with Crippen LogP contribution in [0, 0.1) is 24.3 Å². The summed E-state index contributed by atoms with van der Waals surface area (Å²) >= 11 is 25.0. The maximum Gasteiger partial charge on any atom is 0.416 e. The maximum absolute atomic E-state index is 12.8. The minimum atomic E-state index is -4.76. The highest BCUT2D eigenvalue weighted by Crippen LogP contribution is 2.41. The van der Waals surface area contributed by atoms with E-state index in [1.165, 1.54) is 59.1 Å². The molecule has 4 aromatic carbocycles. The molecule has 1 aliphatic rings. The van der Waals surface area contributed by atoms with E-state index in [4.69, 9.17) is 76.6 Å². The number of rotatable bonds is 17. The van der Waals surface area contributed by atoms with Crippen molar-refractivity contribution >= 4 is 163 Å². The summed E-state index contributed by atoms with van der Waals surface area (Å²) in [4.78, 5) is 96.2. The quantitative estimate of drug-likeness (QED) is 0.0146. The Morgan fingerprint density at radius 3 is 1.57 bits per heavy atom. The number of hydrogen-bond donors (Lipinski definition) is 7. The molecule has 5 heterocycles. The Labute approximate surface area is 653 Å². The second-order valence-corrected chi connectivity index (χ2v) is 31.0. The summed E-state index contributed by atoms with van der Waals surface area (Å²) in [7, 11) is -8.65. The van der Waals surface area contributed by atoms with E-state index in [2.05, 4.69) is 40.6 Å². The fourth-order valence-corrected chi connectivity index (χ4v) is 13.9. The van der Waals surface area contributed by atoms with E-state index in [0.29, 0.717) is 56.1 Å². The number of carbonyl (C=O) groups is 7. The molecule has 4 aromatic heterocycles. The fourth-order valence-electron chi connectivity index (χ4n) is 9.35. The van der Waals surface area contributed by atoms with Crippen LogP contribution in [-0.4, -0.2) is 171 Å². The van der Waals surface area contributed by atoms with E-state index in [9.17, 15) is 95.4 Å². The van der Waals surface area contributed by atoms with E-state index in [1.54, 1.807) is 43.7 Å². The molecule has 1 aliphatic heterocycles. The van der Waals surface area contributed by atoms with Crippen LogP contribution >= 0.6 is 69.0 Å². The highest BCUT2D eigenvalue weighted by molar-refractivity contribution is 14.1. The number of hydrazone groups is 1. The first kappa shape index (κ1) is 90.6. The highest BCUT2D eigenvalue weighted by atomic mass is 127. The van der Waals surface area contributed by atoms with Gasteiger partial charge in [0.05, 0.1) is 79.6 Å². The molecule has 0 fully saturated rings. The van der Waals surface area contributed by atoms with Crippen molar-refractivity contribution < 1.29 is 120 Å². The number of sulfonamides is 1. The molecule has 0 saturated carbocycles. The number of esters is 2. The molecule has 592 valence electrons. The first-order valence-corrected chi connectivity index (χ1v) is 38.0. The number of carboxylic acid groups (broad SMARTS) is 2. The van der Waals surface area contributed by atoms with Crippen LogP contribution in [0.4, 0.5) is 48.5 Å². The maximum atomic E-state index is 12.8. The number of methoxy groups -OCH3 is 1. The summed E-state index contributed by atoms with van der Waals surface area (Å²) < 4.78 is 168. The summed E-state index contributed by atoms with van der Waals surface area (Å²) in [6, 6.07) is 12.2. The number of nitrogen functional groups attached to an aromatic ring is 1. The van der Waals surface area contributed by atoms with Gasteiger partial charge in [0.1, 0.15) is 32.7 Å². The number of hydrogen-bond acceptors (Lipinski definition) is 27. The number of carboxylic acids is 2. The number of urea groups is 1. The third kappa shape index (κ3) is 22.6. The number of nitrogens with zero attached hydrogens (tertiary/aromatic N) is 10. The van der Waals surface area contributed by atoms with Gasteiger partial charge >= 0.3 is 48.3 Å². The number of aromatic hydroxyl groups is 2. The van der Waals surface area contributed by atoms with Crippen molar-refractivity contribution in [2.75, 3.05) is 48.9 Å². The van der Waals surface area contributed by atoms with E-state index in [0.717, 1.165) is 33.6 Å². The molecule has 33 nitrogen and oxygen atoms in total. The first-order chi connectivity index (χ1) is 50.6. The van der Waals surface area contributed by atoms with Gasteiger partial charge in [0.25, 0.3) is 10.0 Å². The number of pyridine rings is 1. The molecule has 0 aliphatic carbocycles. The lowest BCUT2D eigenvalue weighted by Gasteiger charge is -2.32. The van der Waals surface area contributed by atoms with Crippen LogP contribution in [0.25, 0.3) is 0 Å². The number of alkyl halides is 6. The monoisotopic (exact) mass is 1800 g/mol. The second-order valence-electron chi connectivity index (χ2n) is 22.5. The number of nitrogens with two attached hydrogens (primary N) is 1. The Hall–Kier alpha value is -10.1. The van der Waals surface area contributed by atoms with E-state index in [1.807, 2.05) is 22.6 Å². The summed E-state index contributed by atoms with van der Waals surface area (Å²) in [6.07, 6.45) is -8.05. The lowest BCUT2D eigenvalue weighted by atomic mass is 9.95. The Morgan fingerprint density at radius 2 is 1.15 bits per heavy atom. The van der Waals surface area contributed by atoms with Crippen LogP contribution in [0.15, 0.2) is 98.7 Å². The SMILES string of the molecule is CCOC(=O)C1=NN(c2ccc(Cl)cc2Cl)C(C)(C(=O)OCC)C1.COc1nc(C)nc(NC(=O)NS(=O)(=O)c2cc(I)ccc2C(=O)O)n1.Cc1nn(C)c(O)c1C(=O)c1ccc(C(F)(F)F)cc1S(C)(=O)=O.Cc1nn(C)c(O)c1C(=O)c1ccc(C(F)(F)F)cc1S(C)(=O)=O.Nc1cc(Cl)nc(C(=O)O)c1Cl. The second kappa shape index (κ2) is 36.2. The first-order valence-electron chi connectivity index (χ1n) is 30.2. The number of halogens is 11. The Kier molecular flexibility index (Phi) is 29.8. The Bertz CT molecular complexity index is 5220. The molecule has 0 radical (unpaired) electrons. The van der Waals surface area contributed by atoms with Gasteiger partial charge in [0, 0.05) is 52.7 Å². The zero-order valence-corrected chi connectivity index (χ0v) is 66.0. The van der Waals surface area contributed by atoms with Gasteiger partial charge in [-0.25, -0.2) is 73.3 Å². The zero-order valence-electron chi connectivity index (χ0n) is 58.4. The van der Waals surface area contributed by atoms with Crippen molar-refractivity contribution in [2.24, 2.45) is 19.2 Å². The molecule has 2 amide bonds. The normalized spacial score (nSPS) is 13.4. The number of nitrogens with one attached hydrogen (secondary N) is 2. The number of aromatic nitrogens is 8. The summed E-state index contributed by atoms with van der Waals surface area (Å²) in [5, 5.41) is 53.6. The van der Waals surface area contributed by atoms with Crippen LogP contribution in [0.2, 0.25) is 20.2 Å². The van der Waals surface area contributed by atoms with Gasteiger partial charge in [-0.15, -0.1) is 0 Å². The molecule has 0 spiro atoms. The molecule has 110 heavy (non-hydrogen) atoms. The summed E-state index contributed by atoms with van der Waals surface area (Å²) in [6.45, 7) is 9.84. The van der Waals surface area contributed by atoms with Gasteiger partial charge in [-0.3, -0.25) is 14.9 Å². The van der Waals surface area contributed by atoms with Crippen molar-refractivity contribution in [3.8, 4) is 17.8 Å². The molecule has 0 bridgehead atoms. The van der Waals surface area contributed by atoms with Crippen LogP contribution in [-0.2, 0) is 75.2 Å². The number of aryl methyl sites for hydroxylation is 5. The van der Waals surface area contributed by atoms with Crippen LogP contribution in [0.1, 0.15) is 108 Å². The lowest BCUT2D eigenvalue weighted by molar-refractivity contribution is -0.148. The minimum Gasteiger partial charge on any atom is -0.493 e. The highest BCUT2D eigenvalue weighted by Gasteiger charge is 2.50. The number of ketones is 2. The molecular formula is C63H60Cl4F6IN13O20S3. The van der Waals surface area contributed by atoms with Gasteiger partial charge in [-0.05, 0) is 143 Å². The van der Waals surface area contributed by atoms with Gasteiger partial charge in [-0.1, -0.05) is 46.4 Å². The lowest BCUT2D eigenvalue weighted by Crippen LogP contribution is -2.48. The van der Waals surface area contributed by atoms with E-state index >= 15 is 0 Å². The molecular weight excluding hydrogens is 1740 g/mol. The zero-order chi connectivity index (χ0) is 83.6. The number of ether oxygens (including phenoxy) is 3. The van der Waals surface area contributed by atoms with Crippen molar-refractivity contribution in [1.29, 1.82) is 0 Å². The van der Waals surface area contributed by atoms with Crippen molar-refractivity contribution in [3.05, 3.63) is 165 Å². The molecule has 1 atom stereocenters. The predicted octanol–water partition coefficient (Wildman–Crippen LogP) is 10.3. The van der Waals surface area contributed by atoms with Gasteiger partial charge in [-0.2, -0.15) is 56.6 Å². The molecule has 8 N–H and O–H groups in total. The summed E-state index contributed by atoms with van der Waals surface area (Å²) in [5.41, 5.74) is 0.463. The topological polar surface area (TPSA) is 483 Å². The Morgan fingerprint density at radius 1 is 0.664 bits per heavy atom. The van der Waals surface area contributed by atoms with Crippen molar-refractivity contribution in [1.82, 2.24) is 44.2 Å². The predicted molar refractivity (Wildman–Crippen MR) is 390 cm³/mol. The van der Waals surface area contributed by atoms with Crippen LogP contribution < -0.4 is 25.5 Å². The van der Waals surface area contributed by atoms with E-state index in [-0.39, 0.29) is 87.2 Å². The smallest absolute Gasteiger partial charge is 0.416 e. The fraction of sp³-hybridized carbons (Fsp3) is 0.270. The average Bonchev–Trinajstić information content (AvgIpc) is 1.60. The van der Waals surface area contributed by atoms with Gasteiger partial charge < -0.3 is 40.4 Å². The number of sulfone groups is 2. The molecule has 1 unspecified atom stereocenters. The number of anilines is 3. The van der Waals surface area contributed by atoms with Crippen LogP contribution in [0.3, 0.4) is 0 Å². The molecule has 0 saturated heterocycles. The largest absolute Gasteiger partial charge is 0.493 e. The Balaban J connectivity index is 0.000000250. The number of benzene rings is 4. The summed E-state index contributed by atoms with van der Waals surface area (Å²) in [5.74, 6) is -6.62. The van der Waals surface area contributed by atoms with Crippen molar-refractivity contribution in [2.45, 2.75) is 80.5 Å². The number of carbonyl (C=O) groups excluding carboxylic acids is 5. The minimum absolute atomic E-state index is 0.00861. The molecule has 8 aromatic rings. The third-order valence-electron chi connectivity index (χ3n) is 14.3. The molecule has 9 rings (SSSR count). The number of aromatic carboxylic acids is 2. The van der Waals surface area contributed by atoms with E-state index < -0.39 is 143 Å². The van der Waals surface area contributed by atoms with Crippen LogP contribution in [0.5, 0.6) is 17.8 Å². The van der Waals surface area contributed by atoms with Gasteiger partial charge in [0.15, 0.2) is 30.9 Å². The standard InChI is InChI=1S/C16H18Cl2N2O4.2C14H13F3N2O4S.C13H12IN5O6S.C6H4Cl2N2O2/c1-4-23-14(21)12-9-16(3,15(22)24-5-2)20(19-12)13-7-6-10(17)8-11(13)18;2*1-7-11(13(21)19(2)18-7)12(20)9-5-4-8(14(15,16)17)6-10(9)24(3,22)23;1-6-15-11(18-13(16-6)25-2)17-12(22)19-26(23,24)9-5-7(14)3-4-8(9)10(20)21;7-3-1-2(9)4(8)5(10-3)6(11)12/h6-8H,4-5,9H2,1-3H3;2*4-6,21H,1-3H3;3-5H,1-2H3,(H,20,21)(H2,15,16,17,18,19,22);1H,(H2,9,10)(H,11,12). The number of amides is 2.